The number of aromatic hydroxyl groups is 1. The van der Waals surface area contributed by atoms with Crippen LogP contribution in [0.15, 0.2) is 18.3 Å². The number of aryl methyl sites for hydroxylation is 1. The molecule has 2 aromatic heterocycles. The van der Waals surface area contributed by atoms with Crippen LogP contribution < -0.4 is 5.73 Å². The van der Waals surface area contributed by atoms with Gasteiger partial charge in [0.15, 0.2) is 0 Å². The Morgan fingerprint density at radius 2 is 2.25 bits per heavy atom. The first kappa shape index (κ1) is 6.97. The number of hydrogen-bond donors (Lipinski definition) is 2. The van der Waals surface area contributed by atoms with Gasteiger partial charge in [-0.3, -0.25) is 4.40 Å². The molecule has 0 aliphatic rings. The van der Waals surface area contributed by atoms with Crippen LogP contribution in [-0.4, -0.2) is 14.5 Å². The second-order valence-electron chi connectivity index (χ2n) is 2.71. The number of nitrogen functional groups attached to an aromatic ring is 1. The van der Waals surface area contributed by atoms with Gasteiger partial charge in [-0.15, -0.1) is 0 Å². The van der Waals surface area contributed by atoms with Crippen LogP contribution in [0.1, 0.15) is 5.69 Å². The molecular formula is C8H9N3O. The normalized spacial score (nSPS) is 10.8. The highest BCUT2D eigenvalue weighted by molar-refractivity contribution is 5.51. The van der Waals surface area contributed by atoms with Gasteiger partial charge in [0, 0.05) is 11.9 Å². The fourth-order valence-electron chi connectivity index (χ4n) is 1.17. The van der Waals surface area contributed by atoms with Gasteiger partial charge in [0.05, 0.1) is 0 Å². The monoisotopic (exact) mass is 163 g/mol. The fourth-order valence-corrected chi connectivity index (χ4v) is 1.17. The quantitative estimate of drug-likeness (QED) is 0.607. The zero-order valence-corrected chi connectivity index (χ0v) is 6.65. The third-order valence-electron chi connectivity index (χ3n) is 1.78. The molecule has 0 aliphatic heterocycles. The lowest BCUT2D eigenvalue weighted by Gasteiger charge is -1.95. The lowest BCUT2D eigenvalue weighted by atomic mass is 10.4. The van der Waals surface area contributed by atoms with E-state index < -0.39 is 0 Å². The second-order valence-corrected chi connectivity index (χ2v) is 2.71. The molecule has 0 aromatic carbocycles. The zero-order chi connectivity index (χ0) is 8.72. The van der Waals surface area contributed by atoms with Crippen molar-refractivity contribution in [3.8, 4) is 5.88 Å². The molecule has 0 spiro atoms. The van der Waals surface area contributed by atoms with Crippen molar-refractivity contribution in [1.82, 2.24) is 9.38 Å². The Bertz CT molecular complexity index is 433. The van der Waals surface area contributed by atoms with Crippen molar-refractivity contribution in [1.29, 1.82) is 0 Å². The average Bonchev–Trinajstić information content (AvgIpc) is 2.31. The van der Waals surface area contributed by atoms with Crippen molar-refractivity contribution in [2.75, 3.05) is 5.73 Å². The first-order valence-electron chi connectivity index (χ1n) is 3.61. The Balaban J connectivity index is 2.88. The van der Waals surface area contributed by atoms with Crippen LogP contribution in [0.5, 0.6) is 5.88 Å². The topological polar surface area (TPSA) is 63.5 Å². The van der Waals surface area contributed by atoms with Crippen molar-refractivity contribution in [2.45, 2.75) is 6.92 Å². The number of nitrogens with two attached hydrogens (primary N) is 1. The number of rotatable bonds is 0. The number of hydrogen-bond acceptors (Lipinski definition) is 3. The number of imidazole rings is 1. The predicted octanol–water partition coefficient (Wildman–Crippen LogP) is 0.931. The van der Waals surface area contributed by atoms with Gasteiger partial charge < -0.3 is 10.8 Å². The highest BCUT2D eigenvalue weighted by Crippen LogP contribution is 2.19. The molecule has 0 saturated heterocycles. The van der Waals surface area contributed by atoms with Crippen molar-refractivity contribution in [2.24, 2.45) is 0 Å². The molecule has 0 fully saturated rings. The van der Waals surface area contributed by atoms with E-state index >= 15 is 0 Å². The van der Waals surface area contributed by atoms with Crippen LogP contribution in [0.3, 0.4) is 0 Å². The third-order valence-corrected chi connectivity index (χ3v) is 1.78. The molecule has 4 heteroatoms. The third kappa shape index (κ3) is 0.812. The number of fused-ring (bicyclic) bond motifs is 1. The summed E-state index contributed by atoms with van der Waals surface area (Å²) in [6.45, 7) is 1.75. The number of anilines is 1. The van der Waals surface area contributed by atoms with E-state index in [2.05, 4.69) is 4.98 Å². The number of nitrogens with zero attached hydrogens (tertiary/aromatic N) is 2. The summed E-state index contributed by atoms with van der Waals surface area (Å²) in [5.74, 6) is 0.150. The highest BCUT2D eigenvalue weighted by atomic mass is 16.3. The van der Waals surface area contributed by atoms with Crippen molar-refractivity contribution < 1.29 is 5.11 Å². The Labute approximate surface area is 69.3 Å². The maximum absolute atomic E-state index is 9.47. The molecule has 4 nitrogen and oxygen atoms in total. The van der Waals surface area contributed by atoms with Gasteiger partial charge in [-0.1, -0.05) is 0 Å². The van der Waals surface area contributed by atoms with Crippen LogP contribution in [0.25, 0.3) is 5.65 Å². The van der Waals surface area contributed by atoms with Gasteiger partial charge >= 0.3 is 0 Å². The largest absolute Gasteiger partial charge is 0.493 e. The molecule has 2 heterocycles. The first-order chi connectivity index (χ1) is 5.68. The van der Waals surface area contributed by atoms with Crippen molar-refractivity contribution in [3.05, 3.63) is 24.0 Å². The van der Waals surface area contributed by atoms with Crippen LogP contribution >= 0.6 is 0 Å². The Kier molecular flexibility index (Phi) is 1.24. The van der Waals surface area contributed by atoms with Crippen LogP contribution in [0.4, 0.5) is 5.69 Å². The molecular weight excluding hydrogens is 154 g/mol. The molecule has 3 N–H and O–H groups in total. The standard InChI is InChI=1S/C8H9N3O/c1-5-8(12)11-4-6(9)2-3-7(11)10-5/h2-4,12H,9H2,1H3. The molecule has 0 saturated carbocycles. The maximum atomic E-state index is 9.47. The summed E-state index contributed by atoms with van der Waals surface area (Å²) in [6, 6.07) is 3.52. The van der Waals surface area contributed by atoms with Crippen molar-refractivity contribution in [3.63, 3.8) is 0 Å². The highest BCUT2D eigenvalue weighted by Gasteiger charge is 2.05. The maximum Gasteiger partial charge on any atom is 0.218 e. The van der Waals surface area contributed by atoms with Crippen LogP contribution in [0.2, 0.25) is 0 Å². The number of pyridine rings is 1. The van der Waals surface area contributed by atoms with Gasteiger partial charge in [0.1, 0.15) is 11.3 Å². The lowest BCUT2D eigenvalue weighted by Crippen LogP contribution is -1.89. The SMILES string of the molecule is Cc1nc2ccc(N)cn2c1O. The Morgan fingerprint density at radius 3 is 3.00 bits per heavy atom. The molecule has 0 amide bonds. The van der Waals surface area contributed by atoms with Crippen molar-refractivity contribution >= 4 is 11.3 Å². The van der Waals surface area contributed by atoms with E-state index in [9.17, 15) is 5.11 Å². The average molecular weight is 163 g/mol. The minimum Gasteiger partial charge on any atom is -0.493 e. The van der Waals surface area contributed by atoms with E-state index in [4.69, 9.17) is 5.73 Å². The van der Waals surface area contributed by atoms with E-state index in [1.54, 1.807) is 29.7 Å². The van der Waals surface area contributed by atoms with Crippen LogP contribution in [-0.2, 0) is 0 Å². The van der Waals surface area contributed by atoms with E-state index in [1.807, 2.05) is 0 Å². The Morgan fingerprint density at radius 1 is 1.50 bits per heavy atom. The smallest absolute Gasteiger partial charge is 0.218 e. The van der Waals surface area contributed by atoms with E-state index in [0.717, 1.165) is 0 Å². The molecule has 12 heavy (non-hydrogen) atoms. The molecule has 0 atom stereocenters. The summed E-state index contributed by atoms with van der Waals surface area (Å²) in [7, 11) is 0. The second kappa shape index (κ2) is 2.14. The molecule has 2 aromatic rings. The van der Waals surface area contributed by atoms with E-state index in [1.165, 1.54) is 0 Å². The summed E-state index contributed by atoms with van der Waals surface area (Å²) in [5.41, 5.74) is 7.47. The van der Waals surface area contributed by atoms with Gasteiger partial charge in [-0.25, -0.2) is 4.98 Å². The van der Waals surface area contributed by atoms with Gasteiger partial charge in [0.2, 0.25) is 5.88 Å². The molecule has 0 bridgehead atoms. The molecule has 0 aliphatic carbocycles. The van der Waals surface area contributed by atoms with Gasteiger partial charge in [-0.05, 0) is 19.1 Å². The summed E-state index contributed by atoms with van der Waals surface area (Å²) in [4.78, 5) is 4.11. The summed E-state index contributed by atoms with van der Waals surface area (Å²) in [6.07, 6.45) is 1.64. The fraction of sp³-hybridized carbons (Fsp3) is 0.125. The van der Waals surface area contributed by atoms with Gasteiger partial charge in [0.25, 0.3) is 0 Å². The molecule has 0 radical (unpaired) electrons. The molecule has 62 valence electrons. The Hall–Kier alpha value is -1.71. The van der Waals surface area contributed by atoms with Gasteiger partial charge in [-0.2, -0.15) is 0 Å². The summed E-state index contributed by atoms with van der Waals surface area (Å²) < 4.78 is 1.56. The summed E-state index contributed by atoms with van der Waals surface area (Å²) >= 11 is 0. The molecule has 0 unspecified atom stereocenters. The molecule has 2 rings (SSSR count). The van der Waals surface area contributed by atoms with Crippen LogP contribution in [0, 0.1) is 6.92 Å². The number of aromatic nitrogens is 2. The van der Waals surface area contributed by atoms with E-state index in [0.29, 0.717) is 17.0 Å². The lowest BCUT2D eigenvalue weighted by molar-refractivity contribution is 0.444. The zero-order valence-electron chi connectivity index (χ0n) is 6.65. The first-order valence-corrected chi connectivity index (χ1v) is 3.61. The summed E-state index contributed by atoms with van der Waals surface area (Å²) in [5, 5.41) is 9.47. The minimum absolute atomic E-state index is 0.150. The minimum atomic E-state index is 0.150. The predicted molar refractivity (Wildman–Crippen MR) is 46.0 cm³/mol. The van der Waals surface area contributed by atoms with E-state index in [-0.39, 0.29) is 5.88 Å².